The molecular formula is C21H23FN4O2Si. The van der Waals surface area contributed by atoms with Crippen LogP contribution in [0.5, 0.6) is 0 Å². The van der Waals surface area contributed by atoms with Gasteiger partial charge < -0.3 is 9.15 Å². The minimum atomic E-state index is -1.15. The van der Waals surface area contributed by atoms with Crippen LogP contribution in [-0.4, -0.2) is 34.4 Å². The van der Waals surface area contributed by atoms with Crippen LogP contribution in [0.15, 0.2) is 53.4 Å². The summed E-state index contributed by atoms with van der Waals surface area (Å²) in [6.45, 7) is 7.98. The molecule has 0 radical (unpaired) electrons. The summed E-state index contributed by atoms with van der Waals surface area (Å²) in [5.41, 5.74) is 2.71. The average Bonchev–Trinajstić information content (AvgIpc) is 3.31. The Hall–Kier alpha value is -2.84. The van der Waals surface area contributed by atoms with Crippen molar-refractivity contribution in [1.82, 2.24) is 19.7 Å². The van der Waals surface area contributed by atoms with E-state index in [4.69, 9.17) is 9.15 Å². The maximum Gasteiger partial charge on any atom is 0.229 e. The van der Waals surface area contributed by atoms with E-state index >= 15 is 0 Å². The molecule has 0 saturated heterocycles. The molecule has 0 fully saturated rings. The monoisotopic (exact) mass is 410 g/mol. The van der Waals surface area contributed by atoms with E-state index in [-0.39, 0.29) is 5.82 Å². The summed E-state index contributed by atoms with van der Waals surface area (Å²) in [5, 5.41) is 5.49. The van der Waals surface area contributed by atoms with Gasteiger partial charge in [0.25, 0.3) is 0 Å². The highest BCUT2D eigenvalue weighted by molar-refractivity contribution is 6.76. The van der Waals surface area contributed by atoms with Gasteiger partial charge in [-0.1, -0.05) is 19.6 Å². The normalized spacial score (nSPS) is 12.0. The molecule has 0 aliphatic heterocycles. The van der Waals surface area contributed by atoms with Crippen LogP contribution >= 0.6 is 0 Å². The quantitative estimate of drug-likeness (QED) is 0.309. The van der Waals surface area contributed by atoms with Crippen molar-refractivity contribution < 1.29 is 13.5 Å². The molecule has 0 saturated carbocycles. The number of nitrogens with zero attached hydrogens (tertiary/aromatic N) is 4. The smallest absolute Gasteiger partial charge is 0.229 e. The Bertz CT molecular complexity index is 1120. The molecule has 0 N–H and O–H groups in total. The second-order valence-corrected chi connectivity index (χ2v) is 13.8. The zero-order valence-corrected chi connectivity index (χ0v) is 17.7. The van der Waals surface area contributed by atoms with Gasteiger partial charge in [-0.2, -0.15) is 10.1 Å². The second-order valence-electron chi connectivity index (χ2n) is 8.16. The molecule has 4 rings (SSSR count). The Labute approximate surface area is 169 Å². The predicted molar refractivity (Wildman–Crippen MR) is 113 cm³/mol. The van der Waals surface area contributed by atoms with E-state index < -0.39 is 8.07 Å². The first-order valence-electron chi connectivity index (χ1n) is 9.51. The highest BCUT2D eigenvalue weighted by Gasteiger charge is 2.17. The zero-order valence-electron chi connectivity index (χ0n) is 16.7. The Kier molecular flexibility index (Phi) is 5.29. The molecule has 0 bridgehead atoms. The topological polar surface area (TPSA) is 66.0 Å². The maximum atomic E-state index is 13.4. The molecule has 150 valence electrons. The average molecular weight is 411 g/mol. The van der Waals surface area contributed by atoms with Crippen molar-refractivity contribution in [2.24, 2.45) is 0 Å². The lowest BCUT2D eigenvalue weighted by molar-refractivity contribution is 0.0788. The summed E-state index contributed by atoms with van der Waals surface area (Å²) >= 11 is 0. The third-order valence-corrected chi connectivity index (χ3v) is 6.25. The molecule has 6 nitrogen and oxygen atoms in total. The lowest BCUT2D eigenvalue weighted by atomic mass is 10.1. The Morgan fingerprint density at radius 1 is 1.14 bits per heavy atom. The van der Waals surface area contributed by atoms with Gasteiger partial charge in [0.15, 0.2) is 5.82 Å². The van der Waals surface area contributed by atoms with Crippen molar-refractivity contribution in [3.8, 4) is 22.6 Å². The molecule has 1 aromatic carbocycles. The molecule has 0 aliphatic carbocycles. The Morgan fingerprint density at radius 3 is 2.69 bits per heavy atom. The standard InChI is InChI=1S/C21H23FN4O2Si/c1-29(2,3)11-10-27-14-26-13-18(19(25-26)15-4-6-17(22)7-5-15)20-23-12-16-8-9-28-21(16)24-20/h4-9,12-13H,10-11,14H2,1-3H3. The number of aromatic nitrogens is 4. The van der Waals surface area contributed by atoms with Gasteiger partial charge in [0, 0.05) is 32.6 Å². The summed E-state index contributed by atoms with van der Waals surface area (Å²) in [4.78, 5) is 8.97. The fraction of sp³-hybridized carbons (Fsp3) is 0.286. The molecule has 0 atom stereocenters. The SMILES string of the molecule is C[Si](C)(C)CCOCn1cc(-c2ncc3ccoc3n2)c(-c2ccc(F)cc2)n1. The van der Waals surface area contributed by atoms with Crippen molar-refractivity contribution >= 4 is 19.2 Å². The summed E-state index contributed by atoms with van der Waals surface area (Å²) in [6, 6.07) is 9.13. The van der Waals surface area contributed by atoms with E-state index in [1.54, 1.807) is 29.3 Å². The van der Waals surface area contributed by atoms with Gasteiger partial charge in [0.05, 0.1) is 17.2 Å². The van der Waals surface area contributed by atoms with Crippen LogP contribution in [0.1, 0.15) is 0 Å². The van der Waals surface area contributed by atoms with Gasteiger partial charge in [-0.3, -0.25) is 0 Å². The summed E-state index contributed by atoms with van der Waals surface area (Å²) in [7, 11) is -1.15. The molecule has 0 spiro atoms. The molecular weight excluding hydrogens is 387 g/mol. The molecule has 29 heavy (non-hydrogen) atoms. The number of rotatable bonds is 7. The predicted octanol–water partition coefficient (Wildman–Crippen LogP) is 5.20. The number of hydrogen-bond donors (Lipinski definition) is 0. The molecule has 4 aromatic rings. The minimum Gasteiger partial charge on any atom is -0.446 e. The summed E-state index contributed by atoms with van der Waals surface area (Å²) < 4.78 is 26.4. The Balaban J connectivity index is 1.66. The largest absolute Gasteiger partial charge is 0.446 e. The van der Waals surface area contributed by atoms with Crippen molar-refractivity contribution in [1.29, 1.82) is 0 Å². The van der Waals surface area contributed by atoms with E-state index in [2.05, 4.69) is 34.7 Å². The van der Waals surface area contributed by atoms with Crippen molar-refractivity contribution in [2.45, 2.75) is 32.4 Å². The third-order valence-electron chi connectivity index (χ3n) is 4.55. The number of ether oxygens (including phenoxy) is 1. The zero-order chi connectivity index (χ0) is 20.4. The van der Waals surface area contributed by atoms with E-state index in [0.717, 1.165) is 22.6 Å². The maximum absolute atomic E-state index is 13.4. The fourth-order valence-corrected chi connectivity index (χ4v) is 3.65. The van der Waals surface area contributed by atoms with Crippen LogP contribution < -0.4 is 0 Å². The molecule has 0 unspecified atom stereocenters. The molecule has 0 amide bonds. The molecule has 8 heteroatoms. The number of halogens is 1. The van der Waals surface area contributed by atoms with Crippen LogP contribution in [0, 0.1) is 5.82 Å². The van der Waals surface area contributed by atoms with E-state index in [1.165, 1.54) is 12.1 Å². The van der Waals surface area contributed by atoms with Gasteiger partial charge in [0.1, 0.15) is 18.2 Å². The highest BCUT2D eigenvalue weighted by atomic mass is 28.3. The number of fused-ring (bicyclic) bond motifs is 1. The van der Waals surface area contributed by atoms with Gasteiger partial charge in [0.2, 0.25) is 5.71 Å². The second kappa shape index (κ2) is 7.88. The van der Waals surface area contributed by atoms with Crippen LogP contribution in [0.3, 0.4) is 0 Å². The summed E-state index contributed by atoms with van der Waals surface area (Å²) in [5.74, 6) is 0.206. The van der Waals surface area contributed by atoms with E-state index in [0.29, 0.717) is 30.6 Å². The van der Waals surface area contributed by atoms with Gasteiger partial charge in [-0.15, -0.1) is 0 Å². The van der Waals surface area contributed by atoms with Crippen molar-refractivity contribution in [3.63, 3.8) is 0 Å². The summed E-state index contributed by atoms with van der Waals surface area (Å²) in [6.07, 6.45) is 5.16. The number of furan rings is 1. The van der Waals surface area contributed by atoms with Crippen molar-refractivity contribution in [3.05, 3.63) is 54.8 Å². The van der Waals surface area contributed by atoms with E-state index in [9.17, 15) is 4.39 Å². The first kappa shape index (κ1) is 19.5. The third kappa shape index (κ3) is 4.60. The highest BCUT2D eigenvalue weighted by Crippen LogP contribution is 2.30. The number of hydrogen-bond acceptors (Lipinski definition) is 5. The van der Waals surface area contributed by atoms with Gasteiger partial charge in [-0.05, 0) is 36.4 Å². The van der Waals surface area contributed by atoms with Crippen LogP contribution in [0.4, 0.5) is 4.39 Å². The first-order valence-corrected chi connectivity index (χ1v) is 13.2. The van der Waals surface area contributed by atoms with Gasteiger partial charge >= 0.3 is 0 Å². The van der Waals surface area contributed by atoms with Crippen LogP contribution in [0.2, 0.25) is 25.7 Å². The molecule has 0 aliphatic rings. The molecule has 3 heterocycles. The van der Waals surface area contributed by atoms with E-state index in [1.807, 2.05) is 12.3 Å². The van der Waals surface area contributed by atoms with Crippen LogP contribution in [0.25, 0.3) is 33.7 Å². The number of benzene rings is 1. The lowest BCUT2D eigenvalue weighted by Gasteiger charge is -2.15. The fourth-order valence-electron chi connectivity index (χ4n) is 2.89. The van der Waals surface area contributed by atoms with Crippen molar-refractivity contribution in [2.75, 3.05) is 6.61 Å². The first-order chi connectivity index (χ1) is 13.9. The minimum absolute atomic E-state index is 0.294. The lowest BCUT2D eigenvalue weighted by Crippen LogP contribution is -2.22. The van der Waals surface area contributed by atoms with Gasteiger partial charge in [-0.25, -0.2) is 14.1 Å². The molecule has 3 aromatic heterocycles. The Morgan fingerprint density at radius 2 is 1.93 bits per heavy atom. The van der Waals surface area contributed by atoms with Crippen LogP contribution in [-0.2, 0) is 11.5 Å².